The van der Waals surface area contributed by atoms with Crippen LogP contribution in [0.4, 0.5) is 5.69 Å². The van der Waals surface area contributed by atoms with Gasteiger partial charge in [-0.05, 0) is 42.8 Å². The number of fused-ring (bicyclic) bond motifs is 1. The van der Waals surface area contributed by atoms with Gasteiger partial charge in [-0.1, -0.05) is 24.3 Å². The van der Waals surface area contributed by atoms with E-state index in [2.05, 4.69) is 15.3 Å². The number of anilines is 1. The Bertz CT molecular complexity index is 965. The van der Waals surface area contributed by atoms with Gasteiger partial charge in [0.25, 0.3) is 5.91 Å². The van der Waals surface area contributed by atoms with E-state index < -0.39 is 0 Å². The number of nitrogens with zero attached hydrogens (tertiary/aromatic N) is 2. The minimum Gasteiger partial charge on any atom is -0.463 e. The predicted molar refractivity (Wildman–Crippen MR) is 99.6 cm³/mol. The first kappa shape index (κ1) is 17.3. The predicted octanol–water partition coefficient (Wildman–Crippen LogP) is 3.46. The topological polar surface area (TPSA) is 81.2 Å². The minimum absolute atomic E-state index is 0.245. The number of carbonyl (C=O) groups is 2. The summed E-state index contributed by atoms with van der Waals surface area (Å²) in [5, 5.41) is 2.78. The van der Waals surface area contributed by atoms with Crippen LogP contribution in [0.2, 0.25) is 0 Å². The van der Waals surface area contributed by atoms with Gasteiger partial charge in [-0.15, -0.1) is 0 Å². The molecule has 6 heteroatoms. The van der Waals surface area contributed by atoms with Crippen LogP contribution in [-0.4, -0.2) is 28.5 Å². The van der Waals surface area contributed by atoms with Crippen LogP contribution < -0.4 is 5.32 Å². The molecule has 0 aliphatic heterocycles. The van der Waals surface area contributed by atoms with Crippen LogP contribution in [0.25, 0.3) is 17.1 Å². The van der Waals surface area contributed by atoms with Crippen molar-refractivity contribution in [1.82, 2.24) is 9.97 Å². The first-order chi connectivity index (χ1) is 12.7. The Morgan fingerprint density at radius 2 is 1.81 bits per heavy atom. The molecule has 130 valence electrons. The largest absolute Gasteiger partial charge is 0.463 e. The summed E-state index contributed by atoms with van der Waals surface area (Å²) < 4.78 is 4.82. The lowest BCUT2D eigenvalue weighted by Gasteiger charge is -2.05. The normalized spacial score (nSPS) is 10.8. The highest BCUT2D eigenvalue weighted by Crippen LogP contribution is 2.13. The van der Waals surface area contributed by atoms with E-state index >= 15 is 0 Å². The van der Waals surface area contributed by atoms with E-state index in [4.69, 9.17) is 4.74 Å². The number of hydrogen-bond acceptors (Lipinski definition) is 5. The van der Waals surface area contributed by atoms with Crippen LogP contribution in [0.3, 0.4) is 0 Å². The number of nitrogens with one attached hydrogen (secondary N) is 1. The molecule has 0 aliphatic rings. The van der Waals surface area contributed by atoms with Crippen molar-refractivity contribution in [2.45, 2.75) is 6.92 Å². The van der Waals surface area contributed by atoms with Crippen LogP contribution in [0.5, 0.6) is 0 Å². The Balaban J connectivity index is 1.68. The molecule has 0 spiro atoms. The smallest absolute Gasteiger partial charge is 0.330 e. The molecule has 6 nitrogen and oxygen atoms in total. The van der Waals surface area contributed by atoms with Crippen molar-refractivity contribution in [3.63, 3.8) is 0 Å². The maximum absolute atomic E-state index is 12.3. The van der Waals surface area contributed by atoms with E-state index in [1.165, 1.54) is 12.3 Å². The summed E-state index contributed by atoms with van der Waals surface area (Å²) in [7, 11) is 0. The highest BCUT2D eigenvalue weighted by molar-refractivity contribution is 6.03. The lowest BCUT2D eigenvalue weighted by Crippen LogP contribution is -2.14. The summed E-state index contributed by atoms with van der Waals surface area (Å²) >= 11 is 0. The standard InChI is InChI=1S/C20H17N3O3/c1-2-26-19(24)12-9-14-7-10-15(11-8-14)22-20(25)18-13-21-16-5-3-4-6-17(16)23-18/h3-13H,2H2,1H3,(H,22,25). The molecule has 0 saturated heterocycles. The van der Waals surface area contributed by atoms with Crippen molar-refractivity contribution in [3.05, 3.63) is 72.1 Å². The second-order valence-electron chi connectivity index (χ2n) is 5.41. The number of rotatable bonds is 5. The summed E-state index contributed by atoms with van der Waals surface area (Å²) in [6.07, 6.45) is 4.47. The molecule has 1 N–H and O–H groups in total. The Labute approximate surface area is 150 Å². The van der Waals surface area contributed by atoms with E-state index in [1.54, 1.807) is 37.3 Å². The Kier molecular flexibility index (Phi) is 5.34. The first-order valence-electron chi connectivity index (χ1n) is 8.14. The zero-order valence-electron chi connectivity index (χ0n) is 14.2. The third-order valence-corrected chi connectivity index (χ3v) is 3.55. The van der Waals surface area contributed by atoms with Gasteiger partial charge >= 0.3 is 5.97 Å². The maximum Gasteiger partial charge on any atom is 0.330 e. The summed E-state index contributed by atoms with van der Waals surface area (Å²) in [4.78, 5) is 32.2. The zero-order chi connectivity index (χ0) is 18.4. The number of ether oxygens (including phenoxy) is 1. The van der Waals surface area contributed by atoms with Crippen LogP contribution in [0, 0.1) is 0 Å². The van der Waals surface area contributed by atoms with Crippen molar-refractivity contribution in [2.24, 2.45) is 0 Å². The molecule has 0 saturated carbocycles. The Morgan fingerprint density at radius 1 is 1.08 bits per heavy atom. The van der Waals surface area contributed by atoms with E-state index in [-0.39, 0.29) is 17.6 Å². The van der Waals surface area contributed by atoms with Gasteiger partial charge in [-0.25, -0.2) is 9.78 Å². The van der Waals surface area contributed by atoms with Crippen LogP contribution in [-0.2, 0) is 9.53 Å². The molecule has 0 bridgehead atoms. The molecule has 0 radical (unpaired) electrons. The third kappa shape index (κ3) is 4.30. The fraction of sp³-hybridized carbons (Fsp3) is 0.100. The second-order valence-corrected chi connectivity index (χ2v) is 5.41. The minimum atomic E-state index is -0.389. The van der Waals surface area contributed by atoms with Gasteiger partial charge < -0.3 is 10.1 Å². The molecular formula is C20H17N3O3. The molecule has 0 unspecified atom stereocenters. The van der Waals surface area contributed by atoms with Gasteiger partial charge in [0.2, 0.25) is 0 Å². The molecule has 0 aliphatic carbocycles. The van der Waals surface area contributed by atoms with Crippen LogP contribution in [0.1, 0.15) is 23.0 Å². The average molecular weight is 347 g/mol. The van der Waals surface area contributed by atoms with E-state index in [0.717, 1.165) is 11.1 Å². The highest BCUT2D eigenvalue weighted by Gasteiger charge is 2.09. The van der Waals surface area contributed by atoms with E-state index in [9.17, 15) is 9.59 Å². The zero-order valence-corrected chi connectivity index (χ0v) is 14.2. The molecule has 3 aromatic rings. The number of esters is 1. The molecular weight excluding hydrogens is 330 g/mol. The summed E-state index contributed by atoms with van der Waals surface area (Å²) in [6.45, 7) is 2.09. The Morgan fingerprint density at radius 3 is 2.54 bits per heavy atom. The molecule has 26 heavy (non-hydrogen) atoms. The van der Waals surface area contributed by atoms with E-state index in [1.807, 2.05) is 24.3 Å². The van der Waals surface area contributed by atoms with Crippen molar-refractivity contribution in [3.8, 4) is 0 Å². The van der Waals surface area contributed by atoms with Gasteiger partial charge in [0.15, 0.2) is 0 Å². The average Bonchev–Trinajstić information content (AvgIpc) is 2.67. The molecule has 0 atom stereocenters. The third-order valence-electron chi connectivity index (χ3n) is 3.55. The highest BCUT2D eigenvalue weighted by atomic mass is 16.5. The van der Waals surface area contributed by atoms with Crippen LogP contribution in [0.15, 0.2) is 60.8 Å². The molecule has 1 heterocycles. The number of amides is 1. The number of hydrogen-bond donors (Lipinski definition) is 1. The van der Waals surface area contributed by atoms with Gasteiger partial charge in [-0.2, -0.15) is 0 Å². The molecule has 2 aromatic carbocycles. The van der Waals surface area contributed by atoms with Crippen LogP contribution >= 0.6 is 0 Å². The molecule has 0 fully saturated rings. The lowest BCUT2D eigenvalue weighted by atomic mass is 10.2. The molecule has 1 amide bonds. The van der Waals surface area contributed by atoms with Crippen molar-refractivity contribution in [1.29, 1.82) is 0 Å². The maximum atomic E-state index is 12.3. The fourth-order valence-corrected chi connectivity index (χ4v) is 2.29. The Hall–Kier alpha value is -3.54. The number of aromatic nitrogens is 2. The lowest BCUT2D eigenvalue weighted by molar-refractivity contribution is -0.137. The number of carbonyl (C=O) groups excluding carboxylic acids is 2. The summed E-state index contributed by atoms with van der Waals surface area (Å²) in [5.41, 5.74) is 3.09. The van der Waals surface area contributed by atoms with Gasteiger partial charge in [0, 0.05) is 11.8 Å². The van der Waals surface area contributed by atoms with Gasteiger partial charge in [0.05, 0.1) is 23.8 Å². The second kappa shape index (κ2) is 8.02. The van der Waals surface area contributed by atoms with Gasteiger partial charge in [-0.3, -0.25) is 9.78 Å². The first-order valence-corrected chi connectivity index (χ1v) is 8.14. The molecule has 1 aromatic heterocycles. The summed E-state index contributed by atoms with van der Waals surface area (Å²) in [5.74, 6) is -0.724. The quantitative estimate of drug-likeness (QED) is 0.565. The SMILES string of the molecule is CCOC(=O)C=Cc1ccc(NC(=O)c2cnc3ccccc3n2)cc1. The monoisotopic (exact) mass is 347 g/mol. The van der Waals surface area contributed by atoms with Crippen molar-refractivity contribution >= 4 is 34.7 Å². The van der Waals surface area contributed by atoms with E-state index in [0.29, 0.717) is 17.8 Å². The number of para-hydroxylation sites is 2. The fourth-order valence-electron chi connectivity index (χ4n) is 2.29. The number of benzene rings is 2. The molecule has 3 rings (SSSR count). The van der Waals surface area contributed by atoms with Crippen molar-refractivity contribution < 1.29 is 14.3 Å². The van der Waals surface area contributed by atoms with Crippen molar-refractivity contribution in [2.75, 3.05) is 11.9 Å². The van der Waals surface area contributed by atoms with Gasteiger partial charge in [0.1, 0.15) is 5.69 Å². The summed E-state index contributed by atoms with van der Waals surface area (Å²) in [6, 6.07) is 14.4.